The first-order valence-corrected chi connectivity index (χ1v) is 8.60. The van der Waals surface area contributed by atoms with E-state index >= 15 is 0 Å². The van der Waals surface area contributed by atoms with Gasteiger partial charge in [0.15, 0.2) is 0 Å². The van der Waals surface area contributed by atoms with E-state index in [1.165, 1.54) is 4.31 Å². The number of hydrogen-bond donors (Lipinski definition) is 0. The van der Waals surface area contributed by atoms with Gasteiger partial charge in [-0.1, -0.05) is 36.4 Å². The Morgan fingerprint density at radius 2 is 1.83 bits per heavy atom. The highest BCUT2D eigenvalue weighted by atomic mass is 32.2. The Labute approximate surface area is 135 Å². The second kappa shape index (κ2) is 6.22. The lowest BCUT2D eigenvalue weighted by Crippen LogP contribution is -2.31. The summed E-state index contributed by atoms with van der Waals surface area (Å²) < 4.78 is 27.7. The predicted octanol–water partition coefficient (Wildman–Crippen LogP) is 3.62. The molecule has 4 nitrogen and oxygen atoms in total. The molecule has 0 aliphatic rings. The quantitative estimate of drug-likeness (QED) is 0.674. The number of fused-ring (bicyclic) bond motifs is 1. The Hall–Kier alpha value is -2.66. The molecule has 0 atom stereocenters. The van der Waals surface area contributed by atoms with Crippen LogP contribution in [0.1, 0.15) is 0 Å². The van der Waals surface area contributed by atoms with Gasteiger partial charge in [0.2, 0.25) is 0 Å². The number of benzene rings is 2. The van der Waals surface area contributed by atoms with Gasteiger partial charge in [0.05, 0.1) is 17.1 Å². The number of hydrogen-bond acceptors (Lipinski definition) is 3. The largest absolute Gasteiger partial charge is 0.265 e. The van der Waals surface area contributed by atoms with Gasteiger partial charge in [0, 0.05) is 23.2 Å². The standard InChI is InChI=1S/C18H16N2O2S/c1-2-13-20(16-8-4-3-5-9-16)23(21,22)18-10-6-7-15-14-19-12-11-17(15)18/h2-12,14H,1,13H2. The Balaban J connectivity index is 2.20. The highest BCUT2D eigenvalue weighted by molar-refractivity contribution is 7.93. The van der Waals surface area contributed by atoms with E-state index in [1.54, 1.807) is 48.8 Å². The van der Waals surface area contributed by atoms with Crippen LogP contribution in [0.2, 0.25) is 0 Å². The van der Waals surface area contributed by atoms with E-state index in [0.717, 1.165) is 5.39 Å². The van der Waals surface area contributed by atoms with Crippen molar-refractivity contribution in [1.29, 1.82) is 0 Å². The number of pyridine rings is 1. The molecule has 0 aliphatic carbocycles. The van der Waals surface area contributed by atoms with Gasteiger partial charge in [-0.3, -0.25) is 9.29 Å². The van der Waals surface area contributed by atoms with Gasteiger partial charge in [-0.25, -0.2) is 8.42 Å². The first kappa shape index (κ1) is 15.2. The molecule has 0 unspecified atom stereocenters. The van der Waals surface area contributed by atoms with Crippen LogP contribution in [0.4, 0.5) is 5.69 Å². The van der Waals surface area contributed by atoms with Gasteiger partial charge >= 0.3 is 0 Å². The fourth-order valence-corrected chi connectivity index (χ4v) is 4.14. The molecule has 0 saturated carbocycles. The topological polar surface area (TPSA) is 50.3 Å². The number of sulfonamides is 1. The summed E-state index contributed by atoms with van der Waals surface area (Å²) >= 11 is 0. The second-order valence-corrected chi connectivity index (χ2v) is 6.84. The Morgan fingerprint density at radius 1 is 1.04 bits per heavy atom. The van der Waals surface area contributed by atoms with E-state index in [-0.39, 0.29) is 11.4 Å². The minimum absolute atomic E-state index is 0.202. The lowest BCUT2D eigenvalue weighted by Gasteiger charge is -2.23. The first-order valence-electron chi connectivity index (χ1n) is 7.16. The Kier molecular flexibility index (Phi) is 4.12. The van der Waals surface area contributed by atoms with E-state index in [4.69, 9.17) is 0 Å². The maximum absolute atomic E-state index is 13.2. The minimum atomic E-state index is -3.71. The summed E-state index contributed by atoms with van der Waals surface area (Å²) in [5.41, 5.74) is 0.610. The van der Waals surface area contributed by atoms with Crippen LogP contribution in [-0.2, 0) is 10.0 Å². The van der Waals surface area contributed by atoms with Crippen LogP contribution in [0, 0.1) is 0 Å². The molecule has 1 heterocycles. The fraction of sp³-hybridized carbons (Fsp3) is 0.0556. The lowest BCUT2D eigenvalue weighted by molar-refractivity contribution is 0.593. The predicted molar refractivity (Wildman–Crippen MR) is 92.9 cm³/mol. The van der Waals surface area contributed by atoms with Crippen LogP contribution in [0.15, 0.2) is 84.5 Å². The zero-order chi connectivity index (χ0) is 16.3. The third-order valence-electron chi connectivity index (χ3n) is 3.55. The van der Waals surface area contributed by atoms with Crippen LogP contribution in [0.25, 0.3) is 10.8 Å². The summed E-state index contributed by atoms with van der Waals surface area (Å²) in [5, 5.41) is 1.45. The summed E-state index contributed by atoms with van der Waals surface area (Å²) in [6.07, 6.45) is 4.84. The molecule has 0 radical (unpaired) electrons. The molecule has 0 aliphatic heterocycles. The molecule has 0 spiro atoms. The van der Waals surface area contributed by atoms with Gasteiger partial charge in [-0.2, -0.15) is 0 Å². The second-order valence-electron chi connectivity index (χ2n) is 5.01. The molecule has 5 heteroatoms. The number of aromatic nitrogens is 1. The molecule has 3 aromatic rings. The normalized spacial score (nSPS) is 11.3. The summed E-state index contributed by atoms with van der Waals surface area (Å²) in [7, 11) is -3.71. The number of nitrogens with zero attached hydrogens (tertiary/aromatic N) is 2. The van der Waals surface area contributed by atoms with Gasteiger partial charge in [0.25, 0.3) is 10.0 Å². The van der Waals surface area contributed by atoms with E-state index in [2.05, 4.69) is 11.6 Å². The van der Waals surface area contributed by atoms with Gasteiger partial charge < -0.3 is 0 Å². The molecule has 0 saturated heterocycles. The molecule has 0 N–H and O–H groups in total. The maximum atomic E-state index is 13.2. The molecule has 23 heavy (non-hydrogen) atoms. The minimum Gasteiger partial charge on any atom is -0.264 e. The van der Waals surface area contributed by atoms with Crippen LogP contribution >= 0.6 is 0 Å². The van der Waals surface area contributed by atoms with Crippen molar-refractivity contribution in [3.63, 3.8) is 0 Å². The molecule has 116 valence electrons. The molecule has 2 aromatic carbocycles. The van der Waals surface area contributed by atoms with Crippen LogP contribution < -0.4 is 4.31 Å². The fourth-order valence-electron chi connectivity index (χ4n) is 2.49. The summed E-state index contributed by atoms with van der Waals surface area (Å²) in [6, 6.07) is 15.9. The first-order chi connectivity index (χ1) is 11.1. The van der Waals surface area contributed by atoms with Crippen LogP contribution in [0.3, 0.4) is 0 Å². The van der Waals surface area contributed by atoms with Gasteiger partial charge in [-0.05, 0) is 24.3 Å². The van der Waals surface area contributed by atoms with E-state index in [1.807, 2.05) is 24.3 Å². The van der Waals surface area contributed by atoms with Crippen molar-refractivity contribution < 1.29 is 8.42 Å². The number of rotatable bonds is 5. The SMILES string of the molecule is C=CCN(c1ccccc1)S(=O)(=O)c1cccc2cnccc12. The van der Waals surface area contributed by atoms with E-state index in [9.17, 15) is 8.42 Å². The Morgan fingerprint density at radius 3 is 2.57 bits per heavy atom. The zero-order valence-electron chi connectivity index (χ0n) is 12.5. The molecular weight excluding hydrogens is 308 g/mol. The van der Waals surface area contributed by atoms with Gasteiger partial charge in [0.1, 0.15) is 0 Å². The van der Waals surface area contributed by atoms with E-state index < -0.39 is 10.0 Å². The summed E-state index contributed by atoms with van der Waals surface area (Å²) in [6.45, 7) is 3.88. The van der Waals surface area contributed by atoms with Crippen molar-refractivity contribution in [2.24, 2.45) is 0 Å². The molecule has 1 aromatic heterocycles. The van der Waals surface area contributed by atoms with Crippen molar-refractivity contribution in [2.75, 3.05) is 10.8 Å². The monoisotopic (exact) mass is 324 g/mol. The highest BCUT2D eigenvalue weighted by Gasteiger charge is 2.25. The maximum Gasteiger partial charge on any atom is 0.265 e. The van der Waals surface area contributed by atoms with Gasteiger partial charge in [-0.15, -0.1) is 6.58 Å². The number of anilines is 1. The average Bonchev–Trinajstić information content (AvgIpc) is 2.59. The summed E-state index contributed by atoms with van der Waals surface area (Å²) in [5.74, 6) is 0. The average molecular weight is 324 g/mol. The number of para-hydroxylation sites is 1. The van der Waals surface area contributed by atoms with Crippen molar-refractivity contribution in [3.8, 4) is 0 Å². The summed E-state index contributed by atoms with van der Waals surface area (Å²) in [4.78, 5) is 4.32. The van der Waals surface area contributed by atoms with Crippen molar-refractivity contribution >= 4 is 26.5 Å². The lowest BCUT2D eigenvalue weighted by atomic mass is 10.2. The molecule has 0 bridgehead atoms. The van der Waals surface area contributed by atoms with E-state index in [0.29, 0.717) is 11.1 Å². The molecule has 3 rings (SSSR count). The third kappa shape index (κ3) is 2.83. The van der Waals surface area contributed by atoms with Crippen LogP contribution in [-0.4, -0.2) is 19.9 Å². The van der Waals surface area contributed by atoms with Crippen LogP contribution in [0.5, 0.6) is 0 Å². The third-order valence-corrected chi connectivity index (χ3v) is 5.40. The Bertz CT molecular complexity index is 932. The molecular formula is C18H16N2O2S. The zero-order valence-corrected chi connectivity index (χ0v) is 13.3. The highest BCUT2D eigenvalue weighted by Crippen LogP contribution is 2.28. The van der Waals surface area contributed by atoms with Crippen molar-refractivity contribution in [3.05, 3.63) is 79.6 Å². The van der Waals surface area contributed by atoms with Crippen molar-refractivity contribution in [1.82, 2.24) is 4.98 Å². The molecule has 0 amide bonds. The van der Waals surface area contributed by atoms with Crippen molar-refractivity contribution in [2.45, 2.75) is 4.90 Å². The molecule has 0 fully saturated rings. The smallest absolute Gasteiger partial charge is 0.264 e.